The Morgan fingerprint density at radius 3 is 2.38 bits per heavy atom. The fourth-order valence-corrected chi connectivity index (χ4v) is 2.11. The number of methoxy groups -OCH3 is 1. The summed E-state index contributed by atoms with van der Waals surface area (Å²) >= 11 is 0. The summed E-state index contributed by atoms with van der Waals surface area (Å²) in [6, 6.07) is 0. The quantitative estimate of drug-likeness (QED) is 0.584. The highest BCUT2D eigenvalue weighted by molar-refractivity contribution is 4.91. The predicted octanol–water partition coefficient (Wildman–Crippen LogP) is 2.04. The van der Waals surface area contributed by atoms with Crippen LogP contribution in [0.25, 0.3) is 0 Å². The fourth-order valence-electron chi connectivity index (χ4n) is 2.11. The maximum Gasteiger partial charge on any atom is 0.315 e. The summed E-state index contributed by atoms with van der Waals surface area (Å²) in [5, 5.41) is 0. The van der Waals surface area contributed by atoms with E-state index in [9.17, 15) is 0 Å². The molecule has 1 heterocycles. The molecule has 1 saturated heterocycles. The minimum Gasteiger partial charge on any atom is -0.497 e. The Bertz CT molecular complexity index is 192. The van der Waals surface area contributed by atoms with E-state index >= 15 is 0 Å². The normalized spacial score (nSPS) is 25.2. The first kappa shape index (κ1) is 8.73. The van der Waals surface area contributed by atoms with Gasteiger partial charge in [0.2, 0.25) is 0 Å². The van der Waals surface area contributed by atoms with E-state index in [1.54, 1.807) is 7.11 Å². The van der Waals surface area contributed by atoms with Crippen molar-refractivity contribution < 1.29 is 14.2 Å². The van der Waals surface area contributed by atoms with Gasteiger partial charge in [0.25, 0.3) is 0 Å². The molecule has 0 aromatic heterocycles. The van der Waals surface area contributed by atoms with E-state index in [4.69, 9.17) is 14.2 Å². The van der Waals surface area contributed by atoms with Gasteiger partial charge in [-0.1, -0.05) is 12.8 Å². The molecule has 0 atom stereocenters. The third kappa shape index (κ3) is 1.74. The topological polar surface area (TPSA) is 27.7 Å². The smallest absolute Gasteiger partial charge is 0.315 e. The van der Waals surface area contributed by atoms with Gasteiger partial charge in [-0.05, 0) is 12.8 Å². The van der Waals surface area contributed by atoms with Gasteiger partial charge >= 0.3 is 5.95 Å². The second kappa shape index (κ2) is 3.48. The average molecular weight is 184 g/mol. The molecule has 1 spiro atoms. The van der Waals surface area contributed by atoms with Gasteiger partial charge in [-0.2, -0.15) is 0 Å². The second-order valence-electron chi connectivity index (χ2n) is 3.96. The van der Waals surface area contributed by atoms with Crippen molar-refractivity contribution in [3.05, 3.63) is 12.2 Å². The number of ether oxygens (including phenoxy) is 3. The Morgan fingerprint density at radius 2 is 1.85 bits per heavy atom. The van der Waals surface area contributed by atoms with E-state index in [0.717, 1.165) is 13.2 Å². The molecule has 3 heteroatoms. The molecular weight excluding hydrogens is 168 g/mol. The average Bonchev–Trinajstić information content (AvgIpc) is 2.59. The summed E-state index contributed by atoms with van der Waals surface area (Å²) in [6.45, 7) is 1.59. The van der Waals surface area contributed by atoms with Crippen LogP contribution in [-0.2, 0) is 14.2 Å². The van der Waals surface area contributed by atoms with Gasteiger partial charge in [-0.25, -0.2) is 0 Å². The summed E-state index contributed by atoms with van der Waals surface area (Å²) in [5.41, 5.74) is 0.311. The van der Waals surface area contributed by atoms with Gasteiger partial charge in [-0.15, -0.1) is 0 Å². The van der Waals surface area contributed by atoms with E-state index < -0.39 is 0 Å². The molecule has 2 rings (SSSR count). The molecule has 2 aliphatic rings. The van der Waals surface area contributed by atoms with E-state index in [2.05, 4.69) is 0 Å². The predicted molar refractivity (Wildman–Crippen MR) is 47.9 cm³/mol. The van der Waals surface area contributed by atoms with Crippen LogP contribution >= 0.6 is 0 Å². The summed E-state index contributed by atoms with van der Waals surface area (Å²) in [5.74, 6) is 0.528. The lowest BCUT2D eigenvalue weighted by Crippen LogP contribution is -2.33. The lowest BCUT2D eigenvalue weighted by atomic mass is 9.88. The first-order chi connectivity index (χ1) is 6.35. The molecule has 3 nitrogen and oxygen atoms in total. The highest BCUT2D eigenvalue weighted by Crippen LogP contribution is 2.41. The van der Waals surface area contributed by atoms with Crippen molar-refractivity contribution in [2.24, 2.45) is 5.41 Å². The minimum absolute atomic E-state index is 0.311. The maximum absolute atomic E-state index is 5.47. The number of hydrogen-bond donors (Lipinski definition) is 0. The third-order valence-electron chi connectivity index (χ3n) is 2.92. The molecule has 74 valence electrons. The molecule has 1 aliphatic heterocycles. The van der Waals surface area contributed by atoms with Crippen LogP contribution in [0.5, 0.6) is 0 Å². The van der Waals surface area contributed by atoms with Crippen molar-refractivity contribution >= 4 is 0 Å². The van der Waals surface area contributed by atoms with Gasteiger partial charge in [0.15, 0.2) is 6.26 Å². The maximum atomic E-state index is 5.47. The minimum atomic E-state index is 0.311. The van der Waals surface area contributed by atoms with Crippen LogP contribution in [0, 0.1) is 5.41 Å². The zero-order valence-electron chi connectivity index (χ0n) is 8.04. The van der Waals surface area contributed by atoms with Gasteiger partial charge < -0.3 is 14.2 Å². The molecular formula is C10H16O3. The largest absolute Gasteiger partial charge is 0.497 e. The SMILES string of the molecule is COC=C1OCC2(CCCC2)CO1. The fraction of sp³-hybridized carbons (Fsp3) is 0.800. The van der Waals surface area contributed by atoms with E-state index in [-0.39, 0.29) is 0 Å². The first-order valence-electron chi connectivity index (χ1n) is 4.83. The van der Waals surface area contributed by atoms with E-state index in [1.165, 1.54) is 31.9 Å². The van der Waals surface area contributed by atoms with E-state index in [0.29, 0.717) is 11.4 Å². The van der Waals surface area contributed by atoms with Crippen molar-refractivity contribution in [3.8, 4) is 0 Å². The molecule has 0 unspecified atom stereocenters. The molecule has 0 bridgehead atoms. The van der Waals surface area contributed by atoms with Crippen molar-refractivity contribution in [2.75, 3.05) is 20.3 Å². The van der Waals surface area contributed by atoms with E-state index in [1.807, 2.05) is 0 Å². The summed E-state index contributed by atoms with van der Waals surface area (Å²) in [7, 11) is 1.60. The van der Waals surface area contributed by atoms with Crippen molar-refractivity contribution in [3.63, 3.8) is 0 Å². The zero-order valence-corrected chi connectivity index (χ0v) is 8.04. The monoisotopic (exact) mass is 184 g/mol. The Kier molecular flexibility index (Phi) is 2.34. The lowest BCUT2D eigenvalue weighted by molar-refractivity contribution is -0.102. The molecule has 2 fully saturated rings. The third-order valence-corrected chi connectivity index (χ3v) is 2.92. The molecule has 0 N–H and O–H groups in total. The molecule has 1 aliphatic carbocycles. The Hall–Kier alpha value is -0.860. The van der Waals surface area contributed by atoms with Gasteiger partial charge in [0.05, 0.1) is 7.11 Å². The van der Waals surface area contributed by atoms with Crippen molar-refractivity contribution in [1.82, 2.24) is 0 Å². The zero-order chi connectivity index (χ0) is 9.15. The number of rotatable bonds is 1. The molecule has 1 saturated carbocycles. The summed E-state index contributed by atoms with van der Waals surface area (Å²) < 4.78 is 15.8. The first-order valence-corrected chi connectivity index (χ1v) is 4.83. The van der Waals surface area contributed by atoms with Gasteiger partial charge in [-0.3, -0.25) is 0 Å². The van der Waals surface area contributed by atoms with Crippen LogP contribution in [0.2, 0.25) is 0 Å². The summed E-state index contributed by atoms with van der Waals surface area (Å²) in [4.78, 5) is 0. The highest BCUT2D eigenvalue weighted by Gasteiger charge is 2.39. The van der Waals surface area contributed by atoms with Gasteiger partial charge in [0, 0.05) is 5.41 Å². The van der Waals surface area contributed by atoms with Crippen molar-refractivity contribution in [1.29, 1.82) is 0 Å². The van der Waals surface area contributed by atoms with Crippen LogP contribution in [-0.4, -0.2) is 20.3 Å². The Morgan fingerprint density at radius 1 is 1.23 bits per heavy atom. The van der Waals surface area contributed by atoms with Crippen LogP contribution in [0.3, 0.4) is 0 Å². The Labute approximate surface area is 78.7 Å². The van der Waals surface area contributed by atoms with Crippen LogP contribution in [0.4, 0.5) is 0 Å². The van der Waals surface area contributed by atoms with Crippen LogP contribution in [0.15, 0.2) is 12.2 Å². The standard InChI is InChI=1S/C10H16O3/c1-11-6-9-12-7-10(8-13-9)4-2-3-5-10/h6H,2-5,7-8H2,1H3. The van der Waals surface area contributed by atoms with Crippen LogP contribution in [0.1, 0.15) is 25.7 Å². The molecule has 13 heavy (non-hydrogen) atoms. The highest BCUT2D eigenvalue weighted by atomic mass is 16.7. The second-order valence-corrected chi connectivity index (χ2v) is 3.96. The van der Waals surface area contributed by atoms with Crippen LogP contribution < -0.4 is 0 Å². The number of hydrogen-bond acceptors (Lipinski definition) is 3. The van der Waals surface area contributed by atoms with Crippen molar-refractivity contribution in [2.45, 2.75) is 25.7 Å². The molecule has 0 aromatic rings. The van der Waals surface area contributed by atoms with Gasteiger partial charge in [0.1, 0.15) is 13.2 Å². The lowest BCUT2D eigenvalue weighted by Gasteiger charge is -2.33. The summed E-state index contributed by atoms with van der Waals surface area (Å²) in [6.07, 6.45) is 6.63. The molecule has 0 amide bonds. The molecule has 0 aromatic carbocycles. The Balaban J connectivity index is 1.91. The molecule has 0 radical (unpaired) electrons.